The van der Waals surface area contributed by atoms with Gasteiger partial charge in [0.25, 0.3) is 0 Å². The van der Waals surface area contributed by atoms with Crippen molar-refractivity contribution in [2.24, 2.45) is 0 Å². The van der Waals surface area contributed by atoms with Crippen molar-refractivity contribution in [3.05, 3.63) is 36.2 Å². The molecule has 0 amide bonds. The van der Waals surface area contributed by atoms with Crippen molar-refractivity contribution in [2.45, 2.75) is 13.3 Å². The molecule has 0 N–H and O–H groups in total. The quantitative estimate of drug-likeness (QED) is 0.650. The van der Waals surface area contributed by atoms with E-state index in [0.29, 0.717) is 5.88 Å². The molecule has 1 aliphatic heterocycles. The molecule has 0 radical (unpaired) electrons. The highest BCUT2D eigenvalue weighted by atomic mass is 16.5. The molecular formula is C11H13NO. The zero-order valence-corrected chi connectivity index (χ0v) is 8.00. The molecule has 2 heteroatoms. The van der Waals surface area contributed by atoms with Crippen LogP contribution in [0.4, 0.5) is 5.69 Å². The van der Waals surface area contributed by atoms with Gasteiger partial charge in [-0.2, -0.15) is 0 Å². The molecule has 0 spiro atoms. The summed E-state index contributed by atoms with van der Waals surface area (Å²) in [4.78, 5) is 1.97. The lowest BCUT2D eigenvalue weighted by molar-refractivity contribution is 0.446. The second-order valence-electron chi connectivity index (χ2n) is 3.21. The molecule has 0 saturated heterocycles. The Morgan fingerprint density at radius 2 is 2.23 bits per heavy atom. The van der Waals surface area contributed by atoms with Gasteiger partial charge in [-0.15, -0.1) is 0 Å². The fourth-order valence-electron chi connectivity index (χ4n) is 1.46. The minimum absolute atomic E-state index is 0.697. The van der Waals surface area contributed by atoms with Gasteiger partial charge in [0.15, 0.2) is 11.6 Å². The van der Waals surface area contributed by atoms with Crippen molar-refractivity contribution in [1.82, 2.24) is 0 Å². The van der Waals surface area contributed by atoms with Crippen LogP contribution in [0.3, 0.4) is 0 Å². The maximum absolute atomic E-state index is 5.45. The second kappa shape index (κ2) is 2.80. The summed E-state index contributed by atoms with van der Waals surface area (Å²) in [7, 11) is 1.97. The largest absolute Gasteiger partial charge is 0.439 e. The van der Waals surface area contributed by atoms with E-state index in [1.54, 1.807) is 0 Å². The van der Waals surface area contributed by atoms with Crippen LogP contribution >= 0.6 is 0 Å². The van der Waals surface area contributed by atoms with Gasteiger partial charge in [-0.25, -0.2) is 0 Å². The molecule has 0 saturated carbocycles. The van der Waals surface area contributed by atoms with Crippen LogP contribution in [0.2, 0.25) is 0 Å². The average molecular weight is 175 g/mol. The Balaban J connectivity index is 2.47. The predicted octanol–water partition coefficient (Wildman–Crippen LogP) is 2.55. The van der Waals surface area contributed by atoms with E-state index in [9.17, 15) is 0 Å². The maximum Gasteiger partial charge on any atom is 0.193 e. The summed E-state index contributed by atoms with van der Waals surface area (Å²) in [5, 5.41) is 0. The van der Waals surface area contributed by atoms with Crippen molar-refractivity contribution >= 4 is 5.69 Å². The number of nitrogens with zero attached hydrogens (tertiary/aromatic N) is 1. The molecule has 1 aromatic rings. The highest BCUT2D eigenvalue weighted by Crippen LogP contribution is 2.37. The van der Waals surface area contributed by atoms with Crippen LogP contribution in [0.25, 0.3) is 0 Å². The van der Waals surface area contributed by atoms with Crippen LogP contribution in [0.15, 0.2) is 30.7 Å². The zero-order valence-electron chi connectivity index (χ0n) is 8.00. The third-order valence-electron chi connectivity index (χ3n) is 2.39. The molecular weight excluding hydrogens is 162 g/mol. The first-order valence-electron chi connectivity index (χ1n) is 4.45. The molecule has 68 valence electrons. The minimum atomic E-state index is 0.697. The summed E-state index contributed by atoms with van der Waals surface area (Å²) in [6.45, 7) is 5.95. The lowest BCUT2D eigenvalue weighted by Gasteiger charge is -2.09. The Labute approximate surface area is 78.4 Å². The molecule has 1 aliphatic rings. The number of rotatable bonds is 1. The van der Waals surface area contributed by atoms with Gasteiger partial charge in [-0.3, -0.25) is 0 Å². The minimum Gasteiger partial charge on any atom is -0.439 e. The average Bonchev–Trinajstić information content (AvgIpc) is 2.43. The number of fused-ring (bicyclic) bond motifs is 1. The summed E-state index contributed by atoms with van der Waals surface area (Å²) in [6, 6.07) is 6.24. The first-order valence-corrected chi connectivity index (χ1v) is 4.45. The Kier molecular flexibility index (Phi) is 1.76. The summed E-state index contributed by atoms with van der Waals surface area (Å²) in [5.41, 5.74) is 2.44. The van der Waals surface area contributed by atoms with E-state index >= 15 is 0 Å². The maximum atomic E-state index is 5.45. The standard InChI is InChI=1S/C11H13NO/c1-4-9-5-6-11-10(7-9)12(3)8(2)13-11/h5-7H,2,4H2,1,3H3. The molecule has 0 unspecified atom stereocenters. The highest BCUT2D eigenvalue weighted by Gasteiger charge is 2.20. The van der Waals surface area contributed by atoms with Crippen LogP contribution < -0.4 is 9.64 Å². The lowest BCUT2D eigenvalue weighted by Crippen LogP contribution is -2.11. The Hall–Kier alpha value is -1.44. The highest BCUT2D eigenvalue weighted by molar-refractivity contribution is 5.66. The number of hydrogen-bond acceptors (Lipinski definition) is 2. The third kappa shape index (κ3) is 1.18. The predicted molar refractivity (Wildman–Crippen MR) is 54.0 cm³/mol. The normalized spacial score (nSPS) is 14.3. The van der Waals surface area contributed by atoms with E-state index < -0.39 is 0 Å². The molecule has 0 bridgehead atoms. The Morgan fingerprint density at radius 3 is 2.92 bits per heavy atom. The van der Waals surface area contributed by atoms with Crippen molar-refractivity contribution < 1.29 is 4.74 Å². The van der Waals surface area contributed by atoms with Gasteiger partial charge in [0.1, 0.15) is 0 Å². The van der Waals surface area contributed by atoms with E-state index in [-0.39, 0.29) is 0 Å². The summed E-state index contributed by atoms with van der Waals surface area (Å²) in [5.74, 6) is 1.60. The summed E-state index contributed by atoms with van der Waals surface area (Å²) < 4.78 is 5.45. The van der Waals surface area contributed by atoms with Crippen molar-refractivity contribution in [2.75, 3.05) is 11.9 Å². The zero-order chi connectivity index (χ0) is 9.42. The van der Waals surface area contributed by atoms with Gasteiger partial charge in [-0.1, -0.05) is 13.0 Å². The first kappa shape index (κ1) is 8.17. The Morgan fingerprint density at radius 1 is 1.46 bits per heavy atom. The van der Waals surface area contributed by atoms with Gasteiger partial charge in [-0.05, 0) is 30.7 Å². The van der Waals surface area contributed by atoms with Gasteiger partial charge in [0, 0.05) is 7.05 Å². The molecule has 13 heavy (non-hydrogen) atoms. The van der Waals surface area contributed by atoms with E-state index in [2.05, 4.69) is 25.6 Å². The number of aryl methyl sites for hydroxylation is 1. The second-order valence-corrected chi connectivity index (χ2v) is 3.21. The van der Waals surface area contributed by atoms with Gasteiger partial charge < -0.3 is 9.64 Å². The fraction of sp³-hybridized carbons (Fsp3) is 0.273. The van der Waals surface area contributed by atoms with Gasteiger partial charge in [0.05, 0.1) is 5.69 Å². The van der Waals surface area contributed by atoms with Crippen molar-refractivity contribution in [1.29, 1.82) is 0 Å². The third-order valence-corrected chi connectivity index (χ3v) is 2.39. The number of ether oxygens (including phenoxy) is 1. The van der Waals surface area contributed by atoms with Crippen LogP contribution in [-0.4, -0.2) is 7.05 Å². The van der Waals surface area contributed by atoms with E-state index in [1.807, 2.05) is 18.0 Å². The fourth-order valence-corrected chi connectivity index (χ4v) is 1.46. The van der Waals surface area contributed by atoms with Crippen LogP contribution in [0, 0.1) is 0 Å². The molecule has 1 aromatic carbocycles. The smallest absolute Gasteiger partial charge is 0.193 e. The van der Waals surface area contributed by atoms with Gasteiger partial charge in [0.2, 0.25) is 0 Å². The van der Waals surface area contributed by atoms with E-state index in [4.69, 9.17) is 4.74 Å². The number of hydrogen-bond donors (Lipinski definition) is 0. The van der Waals surface area contributed by atoms with Crippen molar-refractivity contribution in [3.8, 4) is 5.75 Å². The van der Waals surface area contributed by atoms with Crippen LogP contribution in [0.1, 0.15) is 12.5 Å². The van der Waals surface area contributed by atoms with E-state index in [1.165, 1.54) is 5.56 Å². The van der Waals surface area contributed by atoms with Crippen LogP contribution in [-0.2, 0) is 6.42 Å². The van der Waals surface area contributed by atoms with Crippen molar-refractivity contribution in [3.63, 3.8) is 0 Å². The first-order chi connectivity index (χ1) is 6.22. The molecule has 2 nitrogen and oxygen atoms in total. The monoisotopic (exact) mass is 175 g/mol. The molecule has 0 aliphatic carbocycles. The molecule has 0 fully saturated rings. The summed E-state index contributed by atoms with van der Waals surface area (Å²) in [6.07, 6.45) is 1.05. The summed E-state index contributed by atoms with van der Waals surface area (Å²) >= 11 is 0. The molecule has 2 rings (SSSR count). The number of anilines is 1. The van der Waals surface area contributed by atoms with Gasteiger partial charge >= 0.3 is 0 Å². The molecule has 0 aromatic heterocycles. The van der Waals surface area contributed by atoms with E-state index in [0.717, 1.165) is 17.9 Å². The molecule has 0 atom stereocenters. The van der Waals surface area contributed by atoms with Crippen LogP contribution in [0.5, 0.6) is 5.75 Å². The number of benzene rings is 1. The Bertz CT molecular complexity index is 357. The molecule has 1 heterocycles. The lowest BCUT2D eigenvalue weighted by atomic mass is 10.1. The topological polar surface area (TPSA) is 12.5 Å². The SMILES string of the molecule is C=C1Oc2ccc(CC)cc2N1C.